The van der Waals surface area contributed by atoms with E-state index < -0.39 is 0 Å². The van der Waals surface area contributed by atoms with Crippen LogP contribution in [0.3, 0.4) is 0 Å². The van der Waals surface area contributed by atoms with Crippen LogP contribution in [0.1, 0.15) is 28.8 Å². The van der Waals surface area contributed by atoms with Gasteiger partial charge in [-0.25, -0.2) is 0 Å². The number of rotatable bonds is 7. The van der Waals surface area contributed by atoms with E-state index in [-0.39, 0.29) is 24.3 Å². The summed E-state index contributed by atoms with van der Waals surface area (Å²) in [5, 5.41) is 3.13. The molecule has 2 aromatic carbocycles. The maximum absolute atomic E-state index is 12.4. The van der Waals surface area contributed by atoms with Crippen LogP contribution in [0.4, 0.5) is 0 Å². The van der Waals surface area contributed by atoms with Gasteiger partial charge >= 0.3 is 0 Å². The van der Waals surface area contributed by atoms with Gasteiger partial charge in [-0.2, -0.15) is 0 Å². The van der Waals surface area contributed by atoms with E-state index in [9.17, 15) is 9.59 Å². The van der Waals surface area contributed by atoms with Crippen LogP contribution in [0.25, 0.3) is 0 Å². The Kier molecular flexibility index (Phi) is 6.02. The number of hydrogen-bond acceptors (Lipinski definition) is 4. The van der Waals surface area contributed by atoms with Crippen LogP contribution < -0.4 is 10.1 Å². The highest BCUT2D eigenvalue weighted by Gasteiger charge is 2.28. The number of hydrogen-bond donors (Lipinski definition) is 1. The number of carbonyl (C=O) groups is 2. The van der Waals surface area contributed by atoms with E-state index in [4.69, 9.17) is 4.74 Å². The van der Waals surface area contributed by atoms with Crippen molar-refractivity contribution in [2.45, 2.75) is 18.9 Å². The molecule has 136 valence electrons. The Bertz CT molecular complexity index is 744. The number of nitrogens with one attached hydrogen (secondary N) is 1. The Hall–Kier alpha value is -2.66. The Morgan fingerprint density at radius 1 is 1.08 bits per heavy atom. The monoisotopic (exact) mass is 352 g/mol. The van der Waals surface area contributed by atoms with Crippen molar-refractivity contribution in [3.05, 3.63) is 65.7 Å². The molecular formula is C21H24N2O3. The van der Waals surface area contributed by atoms with Gasteiger partial charge in [0.2, 0.25) is 0 Å². The summed E-state index contributed by atoms with van der Waals surface area (Å²) in [5.74, 6) is 0.569. The molecule has 1 aliphatic rings. The van der Waals surface area contributed by atoms with E-state index in [1.54, 1.807) is 36.4 Å². The Morgan fingerprint density at radius 2 is 1.77 bits per heavy atom. The van der Waals surface area contributed by atoms with E-state index in [2.05, 4.69) is 5.32 Å². The van der Waals surface area contributed by atoms with Crippen LogP contribution in [0, 0.1) is 0 Å². The first-order valence-corrected chi connectivity index (χ1v) is 8.95. The second-order valence-electron chi connectivity index (χ2n) is 6.45. The maximum Gasteiger partial charge on any atom is 0.260 e. The molecule has 1 heterocycles. The second-order valence-corrected chi connectivity index (χ2v) is 6.45. The van der Waals surface area contributed by atoms with Crippen molar-refractivity contribution in [3.63, 3.8) is 0 Å². The van der Waals surface area contributed by atoms with Crippen molar-refractivity contribution in [2.75, 3.05) is 26.7 Å². The van der Waals surface area contributed by atoms with Gasteiger partial charge in [0.05, 0.1) is 0 Å². The van der Waals surface area contributed by atoms with Crippen LogP contribution in [0.2, 0.25) is 0 Å². The number of carbonyl (C=O) groups excluding carboxylic acids is 2. The van der Waals surface area contributed by atoms with Crippen molar-refractivity contribution in [1.29, 1.82) is 0 Å². The molecule has 26 heavy (non-hydrogen) atoms. The van der Waals surface area contributed by atoms with Crippen LogP contribution in [-0.4, -0.2) is 49.4 Å². The van der Waals surface area contributed by atoms with Crippen LogP contribution in [-0.2, 0) is 4.79 Å². The molecule has 5 nitrogen and oxygen atoms in total. The standard InChI is InChI=1S/C21H24N2O3/c1-22-14-18-8-5-13-23(18)20(24)15-26-19-11-9-17(10-12-19)21(25)16-6-3-2-4-7-16/h2-4,6-7,9-12,18,22H,5,8,13-15H2,1H3. The topological polar surface area (TPSA) is 58.6 Å². The summed E-state index contributed by atoms with van der Waals surface area (Å²) in [6.45, 7) is 1.62. The molecule has 1 amide bonds. The van der Waals surface area contributed by atoms with Gasteiger partial charge in [-0.05, 0) is 44.2 Å². The van der Waals surface area contributed by atoms with Gasteiger partial charge < -0.3 is 15.0 Å². The smallest absolute Gasteiger partial charge is 0.260 e. The fourth-order valence-corrected chi connectivity index (χ4v) is 3.30. The zero-order chi connectivity index (χ0) is 18.4. The summed E-state index contributed by atoms with van der Waals surface area (Å²) < 4.78 is 5.62. The van der Waals surface area contributed by atoms with E-state index >= 15 is 0 Å². The normalized spacial score (nSPS) is 16.5. The number of likely N-dealkylation sites (tertiary alicyclic amines) is 1. The number of benzene rings is 2. The van der Waals surface area contributed by atoms with Crippen molar-refractivity contribution >= 4 is 11.7 Å². The Labute approximate surface area is 154 Å². The van der Waals surface area contributed by atoms with Gasteiger partial charge in [0.1, 0.15) is 5.75 Å². The lowest BCUT2D eigenvalue weighted by molar-refractivity contribution is -0.134. The fourth-order valence-electron chi connectivity index (χ4n) is 3.30. The Morgan fingerprint density at radius 3 is 2.46 bits per heavy atom. The molecule has 5 heteroatoms. The molecule has 0 saturated carbocycles. The predicted octanol–water partition coefficient (Wildman–Crippen LogP) is 2.51. The highest BCUT2D eigenvalue weighted by atomic mass is 16.5. The van der Waals surface area contributed by atoms with Gasteiger partial charge in [-0.3, -0.25) is 9.59 Å². The van der Waals surface area contributed by atoms with Crippen molar-refractivity contribution in [2.24, 2.45) is 0 Å². The van der Waals surface area contributed by atoms with Gasteiger partial charge in [-0.15, -0.1) is 0 Å². The molecule has 0 aliphatic carbocycles. The summed E-state index contributed by atoms with van der Waals surface area (Å²) in [6.07, 6.45) is 2.07. The zero-order valence-electron chi connectivity index (χ0n) is 15.0. The highest BCUT2D eigenvalue weighted by Crippen LogP contribution is 2.18. The SMILES string of the molecule is CNCC1CCCN1C(=O)COc1ccc(C(=O)c2ccccc2)cc1. The van der Waals surface area contributed by atoms with E-state index in [1.165, 1.54) is 0 Å². The molecule has 3 rings (SSSR count). The summed E-state index contributed by atoms with van der Waals surface area (Å²) >= 11 is 0. The summed E-state index contributed by atoms with van der Waals surface area (Å²) in [6, 6.07) is 16.3. The zero-order valence-corrected chi connectivity index (χ0v) is 15.0. The Balaban J connectivity index is 1.56. The number of nitrogens with zero attached hydrogens (tertiary/aromatic N) is 1. The molecule has 1 saturated heterocycles. The fraction of sp³-hybridized carbons (Fsp3) is 0.333. The summed E-state index contributed by atoms with van der Waals surface area (Å²) in [5.41, 5.74) is 1.25. The minimum absolute atomic E-state index is 0.00666. The predicted molar refractivity (Wildman–Crippen MR) is 100 cm³/mol. The van der Waals surface area contributed by atoms with Crippen LogP contribution >= 0.6 is 0 Å². The first-order chi connectivity index (χ1) is 12.7. The van der Waals surface area contributed by atoms with Crippen LogP contribution in [0.5, 0.6) is 5.75 Å². The number of likely N-dealkylation sites (N-methyl/N-ethyl adjacent to an activating group) is 1. The molecule has 1 aliphatic heterocycles. The molecule has 0 bridgehead atoms. The molecule has 1 N–H and O–H groups in total. The lowest BCUT2D eigenvalue weighted by Gasteiger charge is -2.24. The van der Waals surface area contributed by atoms with E-state index in [0.717, 1.165) is 25.9 Å². The molecule has 1 atom stereocenters. The maximum atomic E-state index is 12.4. The lowest BCUT2D eigenvalue weighted by atomic mass is 10.0. The summed E-state index contributed by atoms with van der Waals surface area (Å²) in [4.78, 5) is 26.7. The quantitative estimate of drug-likeness (QED) is 0.778. The van der Waals surface area contributed by atoms with Crippen molar-refractivity contribution < 1.29 is 14.3 Å². The van der Waals surface area contributed by atoms with Gasteiger partial charge in [0, 0.05) is 30.3 Å². The average molecular weight is 352 g/mol. The van der Waals surface area contributed by atoms with E-state index in [1.807, 2.05) is 30.1 Å². The number of ether oxygens (including phenoxy) is 1. The molecule has 0 aromatic heterocycles. The third-order valence-electron chi connectivity index (χ3n) is 4.65. The number of amides is 1. The van der Waals surface area contributed by atoms with E-state index in [0.29, 0.717) is 16.9 Å². The first kappa shape index (κ1) is 18.1. The minimum atomic E-state index is -0.0276. The highest BCUT2D eigenvalue weighted by molar-refractivity contribution is 6.08. The van der Waals surface area contributed by atoms with Gasteiger partial charge in [0.25, 0.3) is 5.91 Å². The van der Waals surface area contributed by atoms with Crippen molar-refractivity contribution in [1.82, 2.24) is 10.2 Å². The largest absolute Gasteiger partial charge is 0.484 e. The molecule has 0 radical (unpaired) electrons. The third-order valence-corrected chi connectivity index (χ3v) is 4.65. The average Bonchev–Trinajstić information content (AvgIpc) is 3.15. The molecule has 0 spiro atoms. The molecule has 2 aromatic rings. The molecule has 1 fully saturated rings. The third kappa shape index (κ3) is 4.29. The van der Waals surface area contributed by atoms with Crippen molar-refractivity contribution in [3.8, 4) is 5.75 Å². The summed E-state index contributed by atoms with van der Waals surface area (Å²) in [7, 11) is 1.90. The van der Waals surface area contributed by atoms with Gasteiger partial charge in [0.15, 0.2) is 12.4 Å². The van der Waals surface area contributed by atoms with Crippen LogP contribution in [0.15, 0.2) is 54.6 Å². The molecular weight excluding hydrogens is 328 g/mol. The second kappa shape index (κ2) is 8.63. The van der Waals surface area contributed by atoms with Gasteiger partial charge in [-0.1, -0.05) is 30.3 Å². The minimum Gasteiger partial charge on any atom is -0.484 e. The first-order valence-electron chi connectivity index (χ1n) is 8.95. The number of ketones is 1. The molecule has 1 unspecified atom stereocenters. The lowest BCUT2D eigenvalue weighted by Crippen LogP contribution is -2.43.